The van der Waals surface area contributed by atoms with E-state index in [2.05, 4.69) is 10.6 Å². The van der Waals surface area contributed by atoms with Crippen LogP contribution in [0.15, 0.2) is 24.3 Å². The molecule has 21 heavy (non-hydrogen) atoms. The molecule has 1 aromatic rings. The quantitative estimate of drug-likeness (QED) is 0.799. The van der Waals surface area contributed by atoms with Crippen LogP contribution in [0.1, 0.15) is 25.7 Å². The topological polar surface area (TPSA) is 93.5 Å². The highest BCUT2D eigenvalue weighted by atomic mass is 19.1. The lowest BCUT2D eigenvalue weighted by atomic mass is 9.93. The fourth-order valence-electron chi connectivity index (χ4n) is 2.38. The van der Waals surface area contributed by atoms with Gasteiger partial charge in [-0.1, -0.05) is 0 Å². The van der Waals surface area contributed by atoms with Gasteiger partial charge in [0.15, 0.2) is 0 Å². The van der Waals surface area contributed by atoms with Crippen LogP contribution in [-0.4, -0.2) is 24.3 Å². The molecule has 0 radical (unpaired) electrons. The third kappa shape index (κ3) is 4.94. The number of amides is 3. The number of carbonyl (C=O) groups is 2. The summed E-state index contributed by atoms with van der Waals surface area (Å²) in [7, 11) is 0. The lowest BCUT2D eigenvalue weighted by molar-refractivity contribution is 0.0767. The summed E-state index contributed by atoms with van der Waals surface area (Å²) in [5, 5.41) is 5.48. The summed E-state index contributed by atoms with van der Waals surface area (Å²) >= 11 is 0. The summed E-state index contributed by atoms with van der Waals surface area (Å²) < 4.78 is 17.7. The molecule has 7 heteroatoms. The Bertz CT molecular complexity index is 499. The third-order valence-electron chi connectivity index (χ3n) is 3.39. The number of benzene rings is 1. The van der Waals surface area contributed by atoms with Crippen molar-refractivity contribution in [1.82, 2.24) is 5.32 Å². The van der Waals surface area contributed by atoms with Crippen LogP contribution in [0.5, 0.6) is 0 Å². The minimum atomic E-state index is -0.763. The molecule has 4 N–H and O–H groups in total. The number of hydrogen-bond acceptors (Lipinski definition) is 3. The van der Waals surface area contributed by atoms with Crippen molar-refractivity contribution < 1.29 is 18.7 Å². The molecule has 0 aliphatic heterocycles. The van der Waals surface area contributed by atoms with Gasteiger partial charge in [0.25, 0.3) is 0 Å². The van der Waals surface area contributed by atoms with E-state index in [1.165, 1.54) is 24.3 Å². The van der Waals surface area contributed by atoms with Gasteiger partial charge in [0.1, 0.15) is 11.9 Å². The molecular formula is C14H18FN3O3. The Morgan fingerprint density at radius 3 is 2.33 bits per heavy atom. The van der Waals surface area contributed by atoms with Gasteiger partial charge in [0.2, 0.25) is 0 Å². The zero-order chi connectivity index (χ0) is 15.2. The van der Waals surface area contributed by atoms with E-state index in [1.54, 1.807) is 0 Å². The van der Waals surface area contributed by atoms with Crippen LogP contribution in [-0.2, 0) is 4.74 Å². The maximum Gasteiger partial charge on any atom is 0.404 e. The Kier molecular flexibility index (Phi) is 4.97. The molecule has 6 nitrogen and oxygen atoms in total. The summed E-state index contributed by atoms with van der Waals surface area (Å²) in [5.41, 5.74) is 5.50. The van der Waals surface area contributed by atoms with Crippen LogP contribution in [0.25, 0.3) is 0 Å². The van der Waals surface area contributed by atoms with Crippen molar-refractivity contribution in [3.63, 3.8) is 0 Å². The number of nitrogens with one attached hydrogen (secondary N) is 2. The number of ether oxygens (including phenoxy) is 1. The van der Waals surface area contributed by atoms with E-state index < -0.39 is 6.09 Å². The lowest BCUT2D eigenvalue weighted by Crippen LogP contribution is -2.41. The van der Waals surface area contributed by atoms with Crippen LogP contribution in [0, 0.1) is 5.82 Å². The fraction of sp³-hybridized carbons (Fsp3) is 0.429. The number of anilines is 1. The summed E-state index contributed by atoms with van der Waals surface area (Å²) in [4.78, 5) is 22.5. The third-order valence-corrected chi connectivity index (χ3v) is 3.39. The van der Waals surface area contributed by atoms with E-state index in [4.69, 9.17) is 10.5 Å². The van der Waals surface area contributed by atoms with E-state index in [1.807, 2.05) is 0 Å². The highest BCUT2D eigenvalue weighted by molar-refractivity contribution is 5.89. The summed E-state index contributed by atoms with van der Waals surface area (Å²) in [5.74, 6) is -0.353. The van der Waals surface area contributed by atoms with Crippen LogP contribution in [0.4, 0.5) is 19.7 Å². The number of hydrogen-bond donors (Lipinski definition) is 3. The second kappa shape index (κ2) is 6.92. The molecule has 0 heterocycles. The van der Waals surface area contributed by atoms with Gasteiger partial charge in [0, 0.05) is 11.7 Å². The normalized spacial score (nSPS) is 21.4. The van der Waals surface area contributed by atoms with Gasteiger partial charge in [-0.15, -0.1) is 0 Å². The standard InChI is InChI=1S/C14H18FN3O3/c15-9-1-3-10(4-2-9)17-14(20)18-11-5-7-12(8-6-11)21-13(16)19/h1-4,11-12H,5-8H2,(H2,16,19)(H2,17,18,20). The van der Waals surface area contributed by atoms with Crippen molar-refractivity contribution in [2.24, 2.45) is 5.73 Å². The zero-order valence-corrected chi connectivity index (χ0v) is 11.5. The molecule has 0 aromatic heterocycles. The number of rotatable bonds is 3. The van der Waals surface area contributed by atoms with Gasteiger partial charge in [-0.25, -0.2) is 14.0 Å². The van der Waals surface area contributed by atoms with Gasteiger partial charge in [-0.05, 0) is 49.9 Å². The largest absolute Gasteiger partial charge is 0.446 e. The van der Waals surface area contributed by atoms with Gasteiger partial charge in [-0.2, -0.15) is 0 Å². The summed E-state index contributed by atoms with van der Waals surface area (Å²) in [6.45, 7) is 0. The first-order valence-corrected chi connectivity index (χ1v) is 6.82. The maximum atomic E-state index is 12.8. The molecule has 114 valence electrons. The average Bonchev–Trinajstić information content (AvgIpc) is 2.43. The fourth-order valence-corrected chi connectivity index (χ4v) is 2.38. The molecule has 1 aliphatic carbocycles. The molecule has 0 spiro atoms. The Balaban J connectivity index is 1.74. The monoisotopic (exact) mass is 295 g/mol. The van der Waals surface area contributed by atoms with Crippen molar-refractivity contribution in [3.8, 4) is 0 Å². The van der Waals surface area contributed by atoms with Crippen molar-refractivity contribution in [2.45, 2.75) is 37.8 Å². The molecule has 0 unspecified atom stereocenters. The lowest BCUT2D eigenvalue weighted by Gasteiger charge is -2.28. The van der Waals surface area contributed by atoms with E-state index in [-0.39, 0.29) is 24.0 Å². The highest BCUT2D eigenvalue weighted by Crippen LogP contribution is 2.21. The van der Waals surface area contributed by atoms with Gasteiger partial charge < -0.3 is 21.1 Å². The van der Waals surface area contributed by atoms with Crippen molar-refractivity contribution in [2.75, 3.05) is 5.32 Å². The minimum Gasteiger partial charge on any atom is -0.446 e. The number of urea groups is 1. The average molecular weight is 295 g/mol. The first-order chi connectivity index (χ1) is 10.0. The molecule has 1 saturated carbocycles. The Labute approximate surface area is 121 Å². The van der Waals surface area contributed by atoms with Crippen molar-refractivity contribution >= 4 is 17.8 Å². The number of nitrogens with two attached hydrogens (primary N) is 1. The molecule has 0 atom stereocenters. The van der Waals surface area contributed by atoms with Gasteiger partial charge in [0.05, 0.1) is 0 Å². The van der Waals surface area contributed by atoms with Crippen molar-refractivity contribution in [1.29, 1.82) is 0 Å². The molecule has 0 bridgehead atoms. The first kappa shape index (κ1) is 15.1. The maximum absolute atomic E-state index is 12.8. The van der Waals surface area contributed by atoms with Gasteiger partial charge in [-0.3, -0.25) is 0 Å². The van der Waals surface area contributed by atoms with Crippen LogP contribution in [0.2, 0.25) is 0 Å². The van der Waals surface area contributed by atoms with E-state index in [0.29, 0.717) is 18.5 Å². The second-order valence-electron chi connectivity index (χ2n) is 5.02. The van der Waals surface area contributed by atoms with E-state index >= 15 is 0 Å². The first-order valence-electron chi connectivity index (χ1n) is 6.82. The summed E-state index contributed by atoms with van der Waals surface area (Å²) in [6, 6.07) is 5.24. The van der Waals surface area contributed by atoms with Gasteiger partial charge >= 0.3 is 12.1 Å². The number of halogens is 1. The highest BCUT2D eigenvalue weighted by Gasteiger charge is 2.24. The second-order valence-corrected chi connectivity index (χ2v) is 5.02. The molecule has 3 amide bonds. The van der Waals surface area contributed by atoms with Crippen molar-refractivity contribution in [3.05, 3.63) is 30.1 Å². The van der Waals surface area contributed by atoms with Crippen LogP contribution in [0.3, 0.4) is 0 Å². The predicted octanol–water partition coefficient (Wildman–Crippen LogP) is 2.35. The van der Waals surface area contributed by atoms with Crippen LogP contribution < -0.4 is 16.4 Å². The van der Waals surface area contributed by atoms with E-state index in [9.17, 15) is 14.0 Å². The number of carbonyl (C=O) groups excluding carboxylic acids is 2. The Morgan fingerprint density at radius 1 is 1.14 bits per heavy atom. The minimum absolute atomic E-state index is 0.0261. The van der Waals surface area contributed by atoms with Crippen LogP contribution >= 0.6 is 0 Å². The van der Waals surface area contributed by atoms with E-state index in [0.717, 1.165) is 12.8 Å². The number of primary amides is 1. The predicted molar refractivity (Wildman–Crippen MR) is 75.3 cm³/mol. The molecule has 1 aliphatic rings. The molecule has 1 fully saturated rings. The zero-order valence-electron chi connectivity index (χ0n) is 11.5. The molecule has 2 rings (SSSR count). The smallest absolute Gasteiger partial charge is 0.404 e. The Morgan fingerprint density at radius 2 is 1.76 bits per heavy atom. The molecular weight excluding hydrogens is 277 g/mol. The molecule has 0 saturated heterocycles. The summed E-state index contributed by atoms with van der Waals surface area (Å²) in [6.07, 6.45) is 1.85. The Hall–Kier alpha value is -2.31. The molecule has 1 aromatic carbocycles. The SMILES string of the molecule is NC(=O)OC1CCC(NC(=O)Nc2ccc(F)cc2)CC1.